The van der Waals surface area contributed by atoms with Gasteiger partial charge in [-0.2, -0.15) is 8.78 Å². The van der Waals surface area contributed by atoms with Crippen LogP contribution in [0.2, 0.25) is 0 Å². The lowest BCUT2D eigenvalue weighted by Crippen LogP contribution is -2.25. The number of rotatable bonds is 6. The molecule has 0 radical (unpaired) electrons. The summed E-state index contributed by atoms with van der Waals surface area (Å²) in [5.41, 5.74) is 9.93. The topological polar surface area (TPSA) is 79.9 Å². The van der Waals surface area contributed by atoms with Crippen LogP contribution in [0, 0.1) is 0 Å². The van der Waals surface area contributed by atoms with Crippen molar-refractivity contribution in [1.29, 1.82) is 0 Å². The fourth-order valence-corrected chi connectivity index (χ4v) is 3.26. The number of aliphatic hydroxyl groups excluding tert-OH is 1. The molecular weight excluding hydrogens is 352 g/mol. The van der Waals surface area contributed by atoms with Gasteiger partial charge in [-0.25, -0.2) is 0 Å². The van der Waals surface area contributed by atoms with Crippen LogP contribution in [0.15, 0.2) is 47.5 Å². The summed E-state index contributed by atoms with van der Waals surface area (Å²) in [4.78, 5) is 4.18. The van der Waals surface area contributed by atoms with E-state index in [2.05, 4.69) is 21.1 Å². The lowest BCUT2D eigenvalue weighted by Gasteiger charge is -2.20. The molecule has 1 aliphatic carbocycles. The van der Waals surface area contributed by atoms with Gasteiger partial charge in [-0.15, -0.1) is 0 Å². The second-order valence-electron chi connectivity index (χ2n) is 6.47. The molecule has 4 N–H and O–H groups in total. The number of hydrogen-bond donors (Lipinski definition) is 3. The van der Waals surface area contributed by atoms with E-state index < -0.39 is 12.7 Å². The highest BCUT2D eigenvalue weighted by Gasteiger charge is 2.14. The normalized spacial score (nSPS) is 15.3. The molecule has 0 amide bonds. The van der Waals surface area contributed by atoms with Gasteiger partial charge in [0.1, 0.15) is 5.75 Å². The van der Waals surface area contributed by atoms with E-state index in [0.29, 0.717) is 5.56 Å². The number of nitrogens with zero attached hydrogens (tertiary/aromatic N) is 1. The lowest BCUT2D eigenvalue weighted by atomic mass is 9.90. The van der Waals surface area contributed by atoms with Gasteiger partial charge in [0, 0.05) is 5.69 Å². The number of aliphatic imine (C=N–C) groups is 1. The van der Waals surface area contributed by atoms with Crippen molar-refractivity contribution in [3.63, 3.8) is 0 Å². The van der Waals surface area contributed by atoms with Crippen molar-refractivity contribution in [1.82, 2.24) is 0 Å². The summed E-state index contributed by atoms with van der Waals surface area (Å²) in [6.07, 6.45) is 3.44. The molecular formula is C20H23F2N3O2. The second-order valence-corrected chi connectivity index (χ2v) is 6.47. The molecule has 0 heterocycles. The molecule has 27 heavy (non-hydrogen) atoms. The molecule has 3 rings (SSSR count). The Bertz CT molecular complexity index is 812. The first kappa shape index (κ1) is 19.1. The van der Waals surface area contributed by atoms with Gasteiger partial charge in [-0.3, -0.25) is 4.99 Å². The van der Waals surface area contributed by atoms with Gasteiger partial charge in [0.2, 0.25) is 0 Å². The highest BCUT2D eigenvalue weighted by Crippen LogP contribution is 2.27. The predicted octanol–water partition coefficient (Wildman–Crippen LogP) is 3.63. The molecule has 2 aromatic rings. The van der Waals surface area contributed by atoms with Gasteiger partial charge in [0.15, 0.2) is 5.96 Å². The molecule has 1 atom stereocenters. The number of anilines is 1. The molecule has 5 nitrogen and oxygen atoms in total. The number of fused-ring (bicyclic) bond motifs is 1. The fourth-order valence-electron chi connectivity index (χ4n) is 3.26. The Morgan fingerprint density at radius 2 is 1.96 bits per heavy atom. The zero-order chi connectivity index (χ0) is 19.2. The summed E-state index contributed by atoms with van der Waals surface area (Å²) in [5.74, 6) is 0.195. The van der Waals surface area contributed by atoms with Crippen molar-refractivity contribution in [2.24, 2.45) is 10.7 Å². The van der Waals surface area contributed by atoms with Gasteiger partial charge in [0.25, 0.3) is 0 Å². The van der Waals surface area contributed by atoms with Gasteiger partial charge >= 0.3 is 6.61 Å². The van der Waals surface area contributed by atoms with Gasteiger partial charge in [-0.1, -0.05) is 24.3 Å². The zero-order valence-corrected chi connectivity index (χ0v) is 14.9. The SMILES string of the molecule is NC(=NCC(O)c1cccc(OC(F)F)c1)Nc1cccc2c1CCCC2. The summed E-state index contributed by atoms with van der Waals surface area (Å²) in [5, 5.41) is 13.4. The van der Waals surface area contributed by atoms with Gasteiger partial charge in [0.05, 0.1) is 12.6 Å². The van der Waals surface area contributed by atoms with Crippen molar-refractivity contribution in [2.75, 3.05) is 11.9 Å². The molecule has 0 aromatic heterocycles. The van der Waals surface area contributed by atoms with Crippen LogP contribution in [-0.4, -0.2) is 24.2 Å². The number of halogens is 2. The number of aliphatic hydroxyl groups is 1. The minimum absolute atomic E-state index is 0.00594. The molecule has 7 heteroatoms. The summed E-state index contributed by atoms with van der Waals surface area (Å²) >= 11 is 0. The van der Waals surface area contributed by atoms with E-state index in [-0.39, 0.29) is 18.3 Å². The average Bonchev–Trinajstić information content (AvgIpc) is 2.66. The summed E-state index contributed by atoms with van der Waals surface area (Å²) in [6.45, 7) is -2.90. The molecule has 2 aromatic carbocycles. The zero-order valence-electron chi connectivity index (χ0n) is 14.9. The number of guanidine groups is 1. The first-order valence-electron chi connectivity index (χ1n) is 8.93. The fraction of sp³-hybridized carbons (Fsp3) is 0.350. The first-order chi connectivity index (χ1) is 13.0. The van der Waals surface area contributed by atoms with Crippen molar-refractivity contribution in [3.05, 3.63) is 59.2 Å². The van der Waals surface area contributed by atoms with Gasteiger partial charge < -0.3 is 20.9 Å². The second kappa shape index (κ2) is 8.81. The van der Waals surface area contributed by atoms with Crippen LogP contribution in [0.5, 0.6) is 5.75 Å². The maximum atomic E-state index is 12.3. The van der Waals surface area contributed by atoms with Crippen LogP contribution < -0.4 is 15.8 Å². The standard InChI is InChI=1S/C20H23F2N3O2/c21-19(22)27-15-8-3-7-14(11-15)18(26)12-24-20(23)25-17-10-4-6-13-5-1-2-9-16(13)17/h3-4,6-8,10-11,18-19,26H,1-2,5,9,12H2,(H3,23,24,25). The molecule has 0 saturated carbocycles. The third kappa shape index (κ3) is 5.17. The molecule has 1 aliphatic rings. The molecule has 0 saturated heterocycles. The number of aryl methyl sites for hydroxylation is 1. The highest BCUT2D eigenvalue weighted by molar-refractivity contribution is 5.93. The van der Waals surface area contributed by atoms with E-state index in [4.69, 9.17) is 5.73 Å². The molecule has 1 unspecified atom stereocenters. The summed E-state index contributed by atoms with van der Waals surface area (Å²) in [6, 6.07) is 12.0. The molecule has 0 bridgehead atoms. The number of benzene rings is 2. The Morgan fingerprint density at radius 1 is 1.19 bits per heavy atom. The van der Waals surface area contributed by atoms with Gasteiger partial charge in [-0.05, 0) is 60.6 Å². The van der Waals surface area contributed by atoms with E-state index in [1.54, 1.807) is 6.07 Å². The van der Waals surface area contributed by atoms with E-state index in [1.165, 1.54) is 35.7 Å². The predicted molar refractivity (Wildman–Crippen MR) is 101 cm³/mol. The number of nitrogens with one attached hydrogen (secondary N) is 1. The quantitative estimate of drug-likeness (QED) is 0.532. The molecule has 0 aliphatic heterocycles. The summed E-state index contributed by atoms with van der Waals surface area (Å²) in [7, 11) is 0. The largest absolute Gasteiger partial charge is 0.435 e. The minimum Gasteiger partial charge on any atom is -0.435 e. The van der Waals surface area contributed by atoms with Crippen LogP contribution >= 0.6 is 0 Å². The maximum absolute atomic E-state index is 12.3. The third-order valence-electron chi connectivity index (χ3n) is 4.56. The van der Waals surface area contributed by atoms with E-state index in [1.807, 2.05) is 12.1 Å². The van der Waals surface area contributed by atoms with Crippen LogP contribution in [-0.2, 0) is 12.8 Å². The van der Waals surface area contributed by atoms with E-state index >= 15 is 0 Å². The van der Waals surface area contributed by atoms with Crippen molar-refractivity contribution >= 4 is 11.6 Å². The Hall–Kier alpha value is -2.67. The first-order valence-corrected chi connectivity index (χ1v) is 8.93. The Morgan fingerprint density at radius 3 is 2.78 bits per heavy atom. The number of ether oxygens (including phenoxy) is 1. The number of nitrogens with two attached hydrogens (primary N) is 1. The Balaban J connectivity index is 1.64. The van der Waals surface area contributed by atoms with Crippen LogP contribution in [0.25, 0.3) is 0 Å². The molecule has 144 valence electrons. The van der Waals surface area contributed by atoms with Crippen molar-refractivity contribution in [3.8, 4) is 5.75 Å². The number of hydrogen-bond acceptors (Lipinski definition) is 3. The molecule has 0 spiro atoms. The van der Waals surface area contributed by atoms with Crippen molar-refractivity contribution < 1.29 is 18.6 Å². The van der Waals surface area contributed by atoms with E-state index in [9.17, 15) is 13.9 Å². The monoisotopic (exact) mass is 375 g/mol. The highest BCUT2D eigenvalue weighted by atomic mass is 19.3. The number of alkyl halides is 2. The van der Waals surface area contributed by atoms with Crippen LogP contribution in [0.4, 0.5) is 14.5 Å². The minimum atomic E-state index is -2.91. The van der Waals surface area contributed by atoms with Crippen LogP contribution in [0.3, 0.4) is 0 Å². The average molecular weight is 375 g/mol. The summed E-state index contributed by atoms with van der Waals surface area (Å²) < 4.78 is 29.0. The third-order valence-corrected chi connectivity index (χ3v) is 4.56. The lowest BCUT2D eigenvalue weighted by molar-refractivity contribution is -0.0499. The molecule has 0 fully saturated rings. The Labute approximate surface area is 156 Å². The Kier molecular flexibility index (Phi) is 6.24. The van der Waals surface area contributed by atoms with Crippen LogP contribution in [0.1, 0.15) is 35.6 Å². The smallest absolute Gasteiger partial charge is 0.387 e. The maximum Gasteiger partial charge on any atom is 0.387 e. The van der Waals surface area contributed by atoms with E-state index in [0.717, 1.165) is 24.9 Å². The van der Waals surface area contributed by atoms with Crippen molar-refractivity contribution in [2.45, 2.75) is 38.4 Å².